The van der Waals surface area contributed by atoms with E-state index in [1.165, 1.54) is 0 Å². The molecular weight excluding hydrogens is 1890 g/mol. The third-order valence-electron chi connectivity index (χ3n) is 24.6. The van der Waals surface area contributed by atoms with E-state index in [-0.39, 0.29) is 46.4 Å². The lowest BCUT2D eigenvalue weighted by Crippen LogP contribution is -2.44. The van der Waals surface area contributed by atoms with E-state index in [1.54, 1.807) is 93.6 Å². The van der Waals surface area contributed by atoms with Gasteiger partial charge in [0.25, 0.3) is 5.91 Å². The standard InChI is InChI=1S/2C21H25N5O2S.C19H24N6O2S.C19H23N5O2S.C18H24N6O3S/c2*1-14-13-28-11-10-26(14)20-12-19(25-29(2,27)15-6-7-15)23-21(24-20)17-8-9-22-18-5-3-4-16(17)18;1-13-12-27-10-9-24(13)17-11-15(23-28(3,4)26)21-19(22-17)18-14(2)20-16-7-5-6-8-25(16)18;1-14-13-26-11-10-23(14)18-12-17(22-27(2,3)25)20-19(21-18)24-9-8-15-6-4-5-7-16(15)24;1-11-7-13(8-14(20-11)17(19)25)18-21-15(23-28(3,4)26)9-16(22-18)24-5-6-27-10-12(24)2/h2*3-4,8-9,12,14-15H,5-7,10-11,13H2,1-2H3;5-8,11,13H,9-10,12H2,1-4H3;4-9,12,14H,10-11,13H2,1-3H3;7-9,12H,5-6,10H2,1-4H3,(H2,19,25)/t14-,29+;14-,29-;13-;14-;12-/m11111/s1. The number of primary amides is 1. The van der Waals surface area contributed by atoms with Gasteiger partial charge in [-0.3, -0.25) is 23.7 Å². The Balaban J connectivity index is 0.000000121. The van der Waals surface area contributed by atoms with E-state index in [0.717, 1.165) is 150 Å². The Kier molecular flexibility index (Phi) is 30.3. The highest BCUT2D eigenvalue weighted by atomic mass is 32.2. The minimum Gasteiger partial charge on any atom is -0.377 e. The summed E-state index contributed by atoms with van der Waals surface area (Å²) in [4.78, 5) is 87.4. The van der Waals surface area contributed by atoms with Crippen molar-refractivity contribution in [1.82, 2.24) is 78.7 Å². The van der Waals surface area contributed by atoms with Gasteiger partial charge in [-0.2, -0.15) is 31.8 Å². The van der Waals surface area contributed by atoms with Crippen molar-refractivity contribution in [2.24, 2.45) is 27.5 Å². The highest BCUT2D eigenvalue weighted by Gasteiger charge is 2.35. The molecule has 11 aromatic heterocycles. The molecule has 9 aliphatic rings. The number of morpholine rings is 5. The maximum Gasteiger partial charge on any atom is 0.267 e. The van der Waals surface area contributed by atoms with Gasteiger partial charge < -0.3 is 53.9 Å². The van der Waals surface area contributed by atoms with Gasteiger partial charge in [0.15, 0.2) is 52.4 Å². The lowest BCUT2D eigenvalue weighted by atomic mass is 10.1. The number of fused-ring (bicyclic) bond motifs is 4. The third-order valence-corrected chi connectivity index (χ3v) is 31.0. The van der Waals surface area contributed by atoms with Crippen molar-refractivity contribution in [3.8, 4) is 51.6 Å². The number of imidazole rings is 1. The first kappa shape index (κ1) is 100. The van der Waals surface area contributed by atoms with Gasteiger partial charge in [-0.05, 0) is 123 Å². The molecular formula is C98H121N27O11S5. The van der Waals surface area contributed by atoms with E-state index in [2.05, 4.69) is 144 Å². The van der Waals surface area contributed by atoms with Crippen LogP contribution in [-0.4, -0.2) is 295 Å². The Hall–Kier alpha value is -12.2. The number of nitrogens with zero attached hydrogens (tertiary/aromatic N) is 26. The van der Waals surface area contributed by atoms with E-state index >= 15 is 0 Å². The predicted octanol–water partition coefficient (Wildman–Crippen LogP) is 13.7. The van der Waals surface area contributed by atoms with Gasteiger partial charge in [0.05, 0.1) is 138 Å². The highest BCUT2D eigenvalue weighted by molar-refractivity contribution is 7.94. The van der Waals surface area contributed by atoms with Crippen molar-refractivity contribution in [2.75, 3.05) is 173 Å². The summed E-state index contributed by atoms with van der Waals surface area (Å²) >= 11 is 0. The summed E-state index contributed by atoms with van der Waals surface area (Å²) in [6.07, 6.45) is 34.4. The van der Waals surface area contributed by atoms with Crippen LogP contribution in [0.4, 0.5) is 58.2 Å². The molecule has 7 atom stereocenters. The molecule has 5 aliphatic heterocycles. The van der Waals surface area contributed by atoms with Crippen molar-refractivity contribution in [3.05, 3.63) is 180 Å². The summed E-state index contributed by atoms with van der Waals surface area (Å²) in [5, 5.41) is 1.47. The van der Waals surface area contributed by atoms with Crippen LogP contribution in [0.5, 0.6) is 0 Å². The van der Waals surface area contributed by atoms with Crippen molar-refractivity contribution in [1.29, 1.82) is 0 Å². The number of hydrogen-bond donors (Lipinski definition) is 1. The quantitative estimate of drug-likeness (QED) is 0.0833. The maximum absolute atomic E-state index is 13.0. The second-order valence-corrected chi connectivity index (χ2v) is 50.1. The van der Waals surface area contributed by atoms with Gasteiger partial charge in [0, 0.05) is 229 Å². The second-order valence-electron chi connectivity index (χ2n) is 37.3. The van der Waals surface area contributed by atoms with Gasteiger partial charge >= 0.3 is 0 Å². The van der Waals surface area contributed by atoms with Crippen molar-refractivity contribution < 1.29 is 49.5 Å². The number of aryl methyl sites for hydroxylation is 2. The lowest BCUT2D eigenvalue weighted by molar-refractivity contribution is 0.0985. The molecule has 0 radical (unpaired) electrons. The van der Waals surface area contributed by atoms with Crippen molar-refractivity contribution in [2.45, 2.75) is 128 Å². The Morgan fingerprint density at radius 1 is 0.411 bits per heavy atom. The number of nitrogens with two attached hydrogens (primary N) is 1. The number of allylic oxidation sites excluding steroid dienone is 2. The van der Waals surface area contributed by atoms with Crippen LogP contribution >= 0.6 is 0 Å². The average molecular weight is 2010 g/mol. The van der Waals surface area contributed by atoms with Gasteiger partial charge in [-0.1, -0.05) is 48.6 Å². The number of benzene rings is 1. The summed E-state index contributed by atoms with van der Waals surface area (Å²) in [5.74, 6) is 7.98. The number of para-hydroxylation sites is 1. The van der Waals surface area contributed by atoms with Gasteiger partial charge in [-0.15, -0.1) is 0 Å². The summed E-state index contributed by atoms with van der Waals surface area (Å²) < 4.78 is 117. The Labute approximate surface area is 824 Å². The lowest BCUT2D eigenvalue weighted by Gasteiger charge is -2.34. The summed E-state index contributed by atoms with van der Waals surface area (Å²) in [5.41, 5.74) is 16.3. The molecule has 2 saturated carbocycles. The average Bonchev–Trinajstić information content (AvgIpc) is 1.49. The van der Waals surface area contributed by atoms with Crippen molar-refractivity contribution in [3.63, 3.8) is 0 Å². The van der Waals surface area contributed by atoms with Crippen LogP contribution in [-0.2, 0) is 85.2 Å². The molecule has 1 aromatic carbocycles. The fourth-order valence-corrected chi connectivity index (χ4v) is 22.3. The predicted molar refractivity (Wildman–Crippen MR) is 557 cm³/mol. The van der Waals surface area contributed by atoms with E-state index in [9.17, 15) is 25.8 Å². The molecule has 43 heteroatoms. The topological polar surface area (TPSA) is 442 Å². The first-order chi connectivity index (χ1) is 67.4. The minimum atomic E-state index is -2.41. The molecule has 0 unspecified atom stereocenters. The van der Waals surface area contributed by atoms with E-state index in [4.69, 9.17) is 59.3 Å². The molecule has 1 amide bonds. The number of carbonyl (C=O) groups excluding carboxylic acids is 1. The first-order valence-corrected chi connectivity index (χ1v) is 58.0. The van der Waals surface area contributed by atoms with Gasteiger partial charge in [0.1, 0.15) is 46.1 Å². The summed E-state index contributed by atoms with van der Waals surface area (Å²) in [6, 6.07) is 33.1. The fraction of sp³-hybridized carbons (Fsp3) is 0.439. The molecule has 2 N–H and O–H groups in total. The van der Waals surface area contributed by atoms with Crippen molar-refractivity contribution >= 4 is 141 Å². The van der Waals surface area contributed by atoms with E-state index in [1.807, 2.05) is 108 Å². The van der Waals surface area contributed by atoms with Gasteiger partial charge in [0.2, 0.25) is 5.95 Å². The Bertz CT molecular complexity index is 7310. The molecule has 744 valence electrons. The molecule has 0 bridgehead atoms. The van der Waals surface area contributed by atoms with Crippen LogP contribution in [0.25, 0.3) is 80.3 Å². The van der Waals surface area contributed by atoms with Crippen LogP contribution < -0.4 is 30.2 Å². The molecule has 5 saturated heterocycles. The molecule has 4 aliphatic carbocycles. The zero-order chi connectivity index (χ0) is 99.4. The highest BCUT2D eigenvalue weighted by Crippen LogP contribution is 2.40. The second kappa shape index (κ2) is 42.5. The number of ether oxygens (including phenoxy) is 5. The number of rotatable bonds is 18. The number of pyridine rings is 4. The largest absolute Gasteiger partial charge is 0.377 e. The number of amides is 1. The SMILES string of the molecule is C[C@@H]1COCCN1c1cc(N=S(C)(C)=O)nc(-n2ccc3ccccc32)n1.C[C@@H]1COCCN1c1cc(N=[S@@](C)(=O)C2CC2)nc(-c2ccnc3c2C=CC3)n1.C[C@@H]1COCCN1c1cc(N=[S@](C)(=O)C2CC2)nc(-c2ccnc3c2C=CC3)n1.Cc1cc(-c2nc(N=S(C)(C)=O)cc(N3CCOC[C@H]3C)n2)cc(C(N)=O)n1.Cc1nc2ccccn2c1-c1nc(N=S(C)(C)=O)cc(N2CCOC[C@H]2C)n1. The van der Waals surface area contributed by atoms with Crippen LogP contribution in [0.3, 0.4) is 0 Å². The van der Waals surface area contributed by atoms with E-state index in [0.29, 0.717) is 148 Å². The summed E-state index contributed by atoms with van der Waals surface area (Å²) in [7, 11) is -11.7. The minimum absolute atomic E-state index is 0.123. The number of anilines is 5. The van der Waals surface area contributed by atoms with Crippen LogP contribution in [0.15, 0.2) is 162 Å². The first-order valence-electron chi connectivity index (χ1n) is 47.1. The smallest absolute Gasteiger partial charge is 0.267 e. The zero-order valence-corrected chi connectivity index (χ0v) is 86.1. The molecule has 7 fully saturated rings. The third kappa shape index (κ3) is 24.9. The van der Waals surface area contributed by atoms with Gasteiger partial charge in [-0.25, -0.2) is 70.9 Å². The molecule has 38 nitrogen and oxygen atoms in total. The number of aromatic nitrogens is 16. The Morgan fingerprint density at radius 3 is 1.23 bits per heavy atom. The monoisotopic (exact) mass is 2010 g/mol. The molecule has 0 spiro atoms. The summed E-state index contributed by atoms with van der Waals surface area (Å²) in [6.45, 7) is 24.3. The maximum atomic E-state index is 13.0. The zero-order valence-electron chi connectivity index (χ0n) is 82.1. The normalized spacial score (nSPS) is 19.9. The molecule has 141 heavy (non-hydrogen) atoms. The molecule has 12 aromatic rings. The Morgan fingerprint density at radius 2 is 0.801 bits per heavy atom. The van der Waals surface area contributed by atoms with Crippen LogP contribution in [0.1, 0.15) is 105 Å². The van der Waals surface area contributed by atoms with E-state index < -0.39 is 54.6 Å². The van der Waals surface area contributed by atoms with Crippen LogP contribution in [0.2, 0.25) is 0 Å². The fourth-order valence-electron chi connectivity index (χ4n) is 17.5. The van der Waals surface area contributed by atoms with Crippen LogP contribution in [0, 0.1) is 13.8 Å². The molecule has 21 rings (SSSR count). The molecule has 16 heterocycles. The number of carbonyl (C=O) groups is 1. The number of hydrogen-bond acceptors (Lipinski definition) is 35.